The van der Waals surface area contributed by atoms with Gasteiger partial charge in [0.05, 0.1) is 13.2 Å². The first-order chi connectivity index (χ1) is 11.7. The van der Waals surface area contributed by atoms with Crippen LogP contribution in [0.2, 0.25) is 0 Å². The largest absolute Gasteiger partial charge is 0.444 e. The number of nitrogens with zero attached hydrogens (tertiary/aromatic N) is 2. The summed E-state index contributed by atoms with van der Waals surface area (Å²) in [5, 5.41) is 0. The number of carbonyl (C=O) groups excluding carboxylic acids is 2. The molecule has 2 amide bonds. The third-order valence-corrected chi connectivity index (χ3v) is 3.75. The van der Waals surface area contributed by atoms with Gasteiger partial charge in [-0.15, -0.1) is 0 Å². The molecule has 1 atom stereocenters. The zero-order valence-corrected chi connectivity index (χ0v) is 15.1. The van der Waals surface area contributed by atoms with Crippen LogP contribution in [0, 0.1) is 5.82 Å². The van der Waals surface area contributed by atoms with Crippen molar-refractivity contribution in [2.45, 2.75) is 32.5 Å². The second kappa shape index (κ2) is 7.82. The predicted molar refractivity (Wildman–Crippen MR) is 90.5 cm³/mol. The first-order valence-electron chi connectivity index (χ1n) is 8.25. The number of hydrogen-bond donors (Lipinski definition) is 0. The van der Waals surface area contributed by atoms with E-state index in [0.29, 0.717) is 18.7 Å². The minimum absolute atomic E-state index is 0.0983. The highest BCUT2D eigenvalue weighted by molar-refractivity contribution is 5.82. The van der Waals surface area contributed by atoms with Crippen molar-refractivity contribution in [2.75, 3.05) is 33.3 Å². The van der Waals surface area contributed by atoms with E-state index < -0.39 is 17.8 Å². The van der Waals surface area contributed by atoms with Gasteiger partial charge in [0.15, 0.2) is 0 Å². The average molecular weight is 352 g/mol. The summed E-state index contributed by atoms with van der Waals surface area (Å²) in [7, 11) is 1.51. The van der Waals surface area contributed by atoms with Crippen LogP contribution in [-0.4, -0.2) is 60.7 Å². The van der Waals surface area contributed by atoms with Gasteiger partial charge in [-0.25, -0.2) is 9.18 Å². The maximum Gasteiger partial charge on any atom is 0.410 e. The lowest BCUT2D eigenvalue weighted by Crippen LogP contribution is -2.47. The van der Waals surface area contributed by atoms with Crippen LogP contribution in [-0.2, 0) is 14.3 Å². The zero-order valence-electron chi connectivity index (χ0n) is 15.1. The average Bonchev–Trinajstić information content (AvgIpc) is 2.53. The molecule has 0 aromatic heterocycles. The monoisotopic (exact) mass is 352 g/mol. The fraction of sp³-hybridized carbons (Fsp3) is 0.556. The maximum atomic E-state index is 13.9. The topological polar surface area (TPSA) is 59.1 Å². The fourth-order valence-electron chi connectivity index (χ4n) is 2.51. The standard InChI is InChI=1S/C18H25FN2O4/c1-18(2,3)25-17(23)20(4)12-16(22)21-9-10-24-15(11-21)13-7-5-6-8-14(13)19/h5-8,15H,9-12H2,1-4H3. The van der Waals surface area contributed by atoms with Gasteiger partial charge < -0.3 is 19.3 Å². The number of likely N-dealkylation sites (N-methyl/N-ethyl adjacent to an activating group) is 1. The van der Waals surface area contributed by atoms with Crippen LogP contribution in [0.15, 0.2) is 24.3 Å². The van der Waals surface area contributed by atoms with Gasteiger partial charge in [-0.1, -0.05) is 18.2 Å². The Morgan fingerprint density at radius 1 is 1.36 bits per heavy atom. The number of halogens is 1. The van der Waals surface area contributed by atoms with E-state index in [9.17, 15) is 14.0 Å². The number of amides is 2. The third kappa shape index (κ3) is 5.42. The summed E-state index contributed by atoms with van der Waals surface area (Å²) in [5.41, 5.74) is -0.191. The molecule has 1 aromatic rings. The Labute approximate surface area is 147 Å². The molecule has 1 aromatic carbocycles. The molecule has 6 nitrogen and oxygen atoms in total. The van der Waals surface area contributed by atoms with Crippen molar-refractivity contribution in [1.82, 2.24) is 9.80 Å². The second-order valence-electron chi connectivity index (χ2n) is 7.06. The van der Waals surface area contributed by atoms with Crippen LogP contribution in [0.25, 0.3) is 0 Å². The summed E-state index contributed by atoms with van der Waals surface area (Å²) in [6.07, 6.45) is -1.06. The molecule has 0 aliphatic carbocycles. The van der Waals surface area contributed by atoms with Gasteiger partial charge in [-0.3, -0.25) is 4.79 Å². The number of ether oxygens (including phenoxy) is 2. The number of morpholine rings is 1. The molecule has 1 fully saturated rings. The molecular formula is C18H25FN2O4. The van der Waals surface area contributed by atoms with Crippen molar-refractivity contribution < 1.29 is 23.5 Å². The van der Waals surface area contributed by atoms with E-state index in [1.165, 1.54) is 18.0 Å². The molecule has 0 saturated carbocycles. The van der Waals surface area contributed by atoms with Gasteiger partial charge in [-0.2, -0.15) is 0 Å². The van der Waals surface area contributed by atoms with E-state index in [1.54, 1.807) is 43.9 Å². The highest BCUT2D eigenvalue weighted by Crippen LogP contribution is 2.24. The van der Waals surface area contributed by atoms with E-state index >= 15 is 0 Å². The molecule has 0 N–H and O–H groups in total. The SMILES string of the molecule is CN(CC(=O)N1CCOC(c2ccccc2F)C1)C(=O)OC(C)(C)C. The van der Waals surface area contributed by atoms with E-state index in [0.717, 1.165) is 0 Å². The first-order valence-corrected chi connectivity index (χ1v) is 8.25. The summed E-state index contributed by atoms with van der Waals surface area (Å²) < 4.78 is 24.8. The van der Waals surface area contributed by atoms with Gasteiger partial charge >= 0.3 is 6.09 Å². The Bertz CT molecular complexity index is 630. The smallest absolute Gasteiger partial charge is 0.410 e. The van der Waals surface area contributed by atoms with E-state index in [1.807, 2.05) is 0 Å². The van der Waals surface area contributed by atoms with Gasteiger partial charge in [0, 0.05) is 19.2 Å². The van der Waals surface area contributed by atoms with Crippen molar-refractivity contribution in [1.29, 1.82) is 0 Å². The number of benzene rings is 1. The molecule has 7 heteroatoms. The summed E-state index contributed by atoms with van der Waals surface area (Å²) in [5.74, 6) is -0.578. The molecular weight excluding hydrogens is 327 g/mol. The van der Waals surface area contributed by atoms with Crippen LogP contribution in [0.1, 0.15) is 32.4 Å². The molecule has 1 unspecified atom stereocenters. The third-order valence-electron chi connectivity index (χ3n) is 3.75. The minimum Gasteiger partial charge on any atom is -0.444 e. The lowest BCUT2D eigenvalue weighted by molar-refractivity contribution is -0.140. The quantitative estimate of drug-likeness (QED) is 0.839. The summed E-state index contributed by atoms with van der Waals surface area (Å²) in [6, 6.07) is 6.37. The molecule has 0 radical (unpaired) electrons. The Morgan fingerprint density at radius 2 is 2.04 bits per heavy atom. The van der Waals surface area contributed by atoms with Crippen molar-refractivity contribution >= 4 is 12.0 Å². The number of carbonyl (C=O) groups is 2. The van der Waals surface area contributed by atoms with Gasteiger partial charge in [0.25, 0.3) is 0 Å². The normalized spacial score (nSPS) is 18.0. The molecule has 138 valence electrons. The molecule has 2 rings (SSSR count). The summed E-state index contributed by atoms with van der Waals surface area (Å²) >= 11 is 0. The van der Waals surface area contributed by atoms with Crippen LogP contribution >= 0.6 is 0 Å². The van der Waals surface area contributed by atoms with Crippen molar-refractivity contribution in [3.05, 3.63) is 35.6 Å². The second-order valence-corrected chi connectivity index (χ2v) is 7.06. The van der Waals surface area contributed by atoms with Crippen LogP contribution in [0.3, 0.4) is 0 Å². The Hall–Kier alpha value is -2.15. The zero-order chi connectivity index (χ0) is 18.6. The molecule has 1 heterocycles. The van der Waals surface area contributed by atoms with Crippen molar-refractivity contribution in [3.8, 4) is 0 Å². The lowest BCUT2D eigenvalue weighted by Gasteiger charge is -2.34. The number of rotatable bonds is 3. The minimum atomic E-state index is -0.622. The molecule has 1 aliphatic rings. The maximum absolute atomic E-state index is 13.9. The van der Waals surface area contributed by atoms with Crippen molar-refractivity contribution in [2.24, 2.45) is 0 Å². The van der Waals surface area contributed by atoms with E-state index in [-0.39, 0.29) is 24.8 Å². The number of hydrogen-bond acceptors (Lipinski definition) is 4. The molecule has 0 spiro atoms. The predicted octanol–water partition coefficient (Wildman–Crippen LogP) is 2.59. The Morgan fingerprint density at radius 3 is 2.68 bits per heavy atom. The van der Waals surface area contributed by atoms with Crippen LogP contribution in [0.4, 0.5) is 9.18 Å². The first kappa shape index (κ1) is 19.2. The van der Waals surface area contributed by atoms with Crippen LogP contribution in [0.5, 0.6) is 0 Å². The van der Waals surface area contributed by atoms with E-state index in [2.05, 4.69) is 0 Å². The molecule has 1 saturated heterocycles. The molecule has 1 aliphatic heterocycles. The Balaban J connectivity index is 1.95. The summed E-state index contributed by atoms with van der Waals surface area (Å²) in [6.45, 7) is 6.18. The Kier molecular flexibility index (Phi) is 6.00. The van der Waals surface area contributed by atoms with Crippen LogP contribution < -0.4 is 0 Å². The van der Waals surface area contributed by atoms with Gasteiger partial charge in [-0.05, 0) is 26.8 Å². The molecule has 25 heavy (non-hydrogen) atoms. The van der Waals surface area contributed by atoms with Gasteiger partial charge in [0.2, 0.25) is 5.91 Å². The fourth-order valence-corrected chi connectivity index (χ4v) is 2.51. The van der Waals surface area contributed by atoms with Gasteiger partial charge in [0.1, 0.15) is 24.1 Å². The van der Waals surface area contributed by atoms with E-state index in [4.69, 9.17) is 9.47 Å². The van der Waals surface area contributed by atoms with Crippen molar-refractivity contribution in [3.63, 3.8) is 0 Å². The lowest BCUT2D eigenvalue weighted by atomic mass is 10.1. The highest BCUT2D eigenvalue weighted by atomic mass is 19.1. The highest BCUT2D eigenvalue weighted by Gasteiger charge is 2.29. The molecule has 0 bridgehead atoms. The summed E-state index contributed by atoms with van der Waals surface area (Å²) in [4.78, 5) is 27.3.